The molecule has 1 aromatic heterocycles. The maximum Gasteiger partial charge on any atom is 0.245 e. The van der Waals surface area contributed by atoms with Crippen LogP contribution in [0.3, 0.4) is 0 Å². The molecule has 0 aliphatic carbocycles. The van der Waals surface area contributed by atoms with Crippen molar-refractivity contribution in [3.63, 3.8) is 0 Å². The third-order valence-corrected chi connectivity index (χ3v) is 5.23. The third kappa shape index (κ3) is 2.84. The summed E-state index contributed by atoms with van der Waals surface area (Å²) in [5.41, 5.74) is 1.11. The zero-order valence-electron chi connectivity index (χ0n) is 13.9. The number of imidazole rings is 1. The van der Waals surface area contributed by atoms with Crippen LogP contribution in [0.4, 0.5) is 0 Å². The number of carbonyl (C=O) groups is 1. The van der Waals surface area contributed by atoms with Gasteiger partial charge < -0.3 is 9.88 Å². The molecule has 0 spiro atoms. The molecule has 4 rings (SSSR count). The molecule has 2 aromatic rings. The van der Waals surface area contributed by atoms with E-state index in [0.29, 0.717) is 0 Å². The second kappa shape index (κ2) is 6.77. The van der Waals surface area contributed by atoms with Gasteiger partial charge in [-0.3, -0.25) is 9.69 Å². The number of benzene rings is 1. The molecule has 0 bridgehead atoms. The molecule has 5 nitrogen and oxygen atoms in total. The van der Waals surface area contributed by atoms with E-state index in [4.69, 9.17) is 0 Å². The molecule has 0 saturated carbocycles. The molecule has 3 heterocycles. The molecule has 2 saturated heterocycles. The van der Waals surface area contributed by atoms with Crippen molar-refractivity contribution in [1.82, 2.24) is 19.8 Å². The van der Waals surface area contributed by atoms with Crippen molar-refractivity contribution >= 4 is 5.91 Å². The van der Waals surface area contributed by atoms with Gasteiger partial charge in [0.15, 0.2) is 0 Å². The molecular formula is C19H24N4O. The van der Waals surface area contributed by atoms with Gasteiger partial charge in [-0.2, -0.15) is 0 Å². The van der Waals surface area contributed by atoms with Crippen molar-refractivity contribution in [2.24, 2.45) is 0 Å². The van der Waals surface area contributed by atoms with E-state index in [-0.39, 0.29) is 18.0 Å². The van der Waals surface area contributed by atoms with Crippen LogP contribution < -0.4 is 0 Å². The number of nitrogens with one attached hydrogen (secondary N) is 1. The Kier molecular flexibility index (Phi) is 4.34. The number of H-pyrrole nitrogens is 1. The van der Waals surface area contributed by atoms with Gasteiger partial charge in [-0.25, -0.2) is 4.98 Å². The smallest absolute Gasteiger partial charge is 0.245 e. The number of rotatable bonds is 4. The monoisotopic (exact) mass is 324 g/mol. The summed E-state index contributed by atoms with van der Waals surface area (Å²) in [4.78, 5) is 25.5. The van der Waals surface area contributed by atoms with E-state index in [1.54, 1.807) is 6.20 Å². The molecular weight excluding hydrogens is 300 g/mol. The summed E-state index contributed by atoms with van der Waals surface area (Å²) in [6.45, 7) is 2.83. The van der Waals surface area contributed by atoms with Crippen LogP contribution in [0, 0.1) is 0 Å². The molecule has 1 amide bonds. The minimum atomic E-state index is -0.163. The van der Waals surface area contributed by atoms with Crippen LogP contribution in [0.15, 0.2) is 42.7 Å². The van der Waals surface area contributed by atoms with Crippen molar-refractivity contribution in [2.45, 2.75) is 37.8 Å². The number of likely N-dealkylation sites (tertiary alicyclic amines) is 2. The van der Waals surface area contributed by atoms with Gasteiger partial charge in [0.1, 0.15) is 11.9 Å². The lowest BCUT2D eigenvalue weighted by Crippen LogP contribution is -2.42. The van der Waals surface area contributed by atoms with Gasteiger partial charge in [0, 0.05) is 18.9 Å². The van der Waals surface area contributed by atoms with Gasteiger partial charge in [0.05, 0.1) is 6.04 Å². The first kappa shape index (κ1) is 15.4. The number of aromatic amines is 1. The standard InChI is InChI=1S/C19H24N4O/c24-19(23-14-6-9-16(23)18-20-10-11-21-18)17(22-12-4-5-13-22)15-7-2-1-3-8-15/h1-3,7-8,10-11,16-17H,4-6,9,12-14H2,(H,20,21)/t16-,17+/m0/s1. The summed E-state index contributed by atoms with van der Waals surface area (Å²) in [5, 5.41) is 0. The van der Waals surface area contributed by atoms with Crippen LogP contribution in [-0.2, 0) is 4.79 Å². The number of amides is 1. The Labute approximate surface area is 142 Å². The minimum Gasteiger partial charge on any atom is -0.347 e. The highest BCUT2D eigenvalue weighted by Gasteiger charge is 2.38. The van der Waals surface area contributed by atoms with Crippen LogP contribution in [0.2, 0.25) is 0 Å². The highest BCUT2D eigenvalue weighted by atomic mass is 16.2. The predicted octanol–water partition coefficient (Wildman–Crippen LogP) is 2.91. The predicted molar refractivity (Wildman–Crippen MR) is 92.3 cm³/mol. The maximum absolute atomic E-state index is 13.5. The Balaban J connectivity index is 1.63. The van der Waals surface area contributed by atoms with E-state index in [2.05, 4.69) is 27.0 Å². The average molecular weight is 324 g/mol. The number of carbonyl (C=O) groups excluding carboxylic acids is 1. The fourth-order valence-electron chi connectivity index (χ4n) is 4.08. The van der Waals surface area contributed by atoms with Crippen LogP contribution in [0.1, 0.15) is 49.2 Å². The van der Waals surface area contributed by atoms with E-state index >= 15 is 0 Å². The first-order valence-corrected chi connectivity index (χ1v) is 8.93. The highest BCUT2D eigenvalue weighted by Crippen LogP contribution is 2.35. The molecule has 2 aliphatic heterocycles. The molecule has 2 atom stereocenters. The summed E-state index contributed by atoms with van der Waals surface area (Å²) < 4.78 is 0. The van der Waals surface area contributed by atoms with Gasteiger partial charge in [-0.15, -0.1) is 0 Å². The van der Waals surface area contributed by atoms with Crippen molar-refractivity contribution < 1.29 is 4.79 Å². The topological polar surface area (TPSA) is 52.2 Å². The Morgan fingerprint density at radius 2 is 1.92 bits per heavy atom. The largest absolute Gasteiger partial charge is 0.347 e. The highest BCUT2D eigenvalue weighted by molar-refractivity contribution is 5.84. The van der Waals surface area contributed by atoms with Crippen molar-refractivity contribution in [3.8, 4) is 0 Å². The lowest BCUT2D eigenvalue weighted by atomic mass is 10.0. The second-order valence-electron chi connectivity index (χ2n) is 6.72. The molecule has 0 radical (unpaired) electrons. The number of aromatic nitrogens is 2. The summed E-state index contributed by atoms with van der Waals surface area (Å²) in [6, 6.07) is 10.2. The summed E-state index contributed by atoms with van der Waals surface area (Å²) in [7, 11) is 0. The van der Waals surface area contributed by atoms with E-state index in [1.807, 2.05) is 29.3 Å². The molecule has 1 N–H and O–H groups in total. The fourth-order valence-corrected chi connectivity index (χ4v) is 4.08. The van der Waals surface area contributed by atoms with Gasteiger partial charge >= 0.3 is 0 Å². The van der Waals surface area contributed by atoms with E-state index < -0.39 is 0 Å². The average Bonchev–Trinajstić information content (AvgIpc) is 3.37. The van der Waals surface area contributed by atoms with Gasteiger partial charge in [-0.1, -0.05) is 30.3 Å². The maximum atomic E-state index is 13.5. The van der Waals surface area contributed by atoms with E-state index in [9.17, 15) is 4.79 Å². The molecule has 5 heteroatoms. The SMILES string of the molecule is O=C([C@@H](c1ccccc1)N1CCCC1)N1CCC[C@H]1c1ncc[nH]1. The van der Waals surface area contributed by atoms with Gasteiger partial charge in [-0.05, 0) is 44.3 Å². The first-order chi connectivity index (χ1) is 11.8. The molecule has 126 valence electrons. The van der Waals surface area contributed by atoms with Crippen molar-refractivity contribution in [2.75, 3.05) is 19.6 Å². The normalized spacial score (nSPS) is 22.8. The summed E-state index contributed by atoms with van der Waals surface area (Å²) in [5.74, 6) is 1.14. The fraction of sp³-hybridized carbons (Fsp3) is 0.474. The number of hydrogen-bond donors (Lipinski definition) is 1. The van der Waals surface area contributed by atoms with Crippen LogP contribution in [0.25, 0.3) is 0 Å². The minimum absolute atomic E-state index is 0.0846. The van der Waals surface area contributed by atoms with Crippen molar-refractivity contribution in [3.05, 3.63) is 54.1 Å². The molecule has 0 unspecified atom stereocenters. The first-order valence-electron chi connectivity index (χ1n) is 8.93. The lowest BCUT2D eigenvalue weighted by molar-refractivity contribution is -0.138. The second-order valence-corrected chi connectivity index (χ2v) is 6.72. The molecule has 2 aliphatic rings. The Hall–Kier alpha value is -2.14. The Bertz CT molecular complexity index is 664. The van der Waals surface area contributed by atoms with Crippen LogP contribution in [0.5, 0.6) is 0 Å². The number of hydrogen-bond acceptors (Lipinski definition) is 3. The number of nitrogens with zero attached hydrogens (tertiary/aromatic N) is 3. The molecule has 24 heavy (non-hydrogen) atoms. The van der Waals surface area contributed by atoms with Crippen molar-refractivity contribution in [1.29, 1.82) is 0 Å². The zero-order chi connectivity index (χ0) is 16.4. The molecule has 2 fully saturated rings. The quantitative estimate of drug-likeness (QED) is 0.941. The van der Waals surface area contributed by atoms with E-state index in [0.717, 1.165) is 43.9 Å². The summed E-state index contributed by atoms with van der Waals surface area (Å²) in [6.07, 6.45) is 7.99. The van der Waals surface area contributed by atoms with Crippen LogP contribution in [-0.4, -0.2) is 45.3 Å². The Morgan fingerprint density at radius 3 is 2.62 bits per heavy atom. The summed E-state index contributed by atoms with van der Waals surface area (Å²) >= 11 is 0. The molecule has 1 aromatic carbocycles. The zero-order valence-corrected chi connectivity index (χ0v) is 13.9. The van der Waals surface area contributed by atoms with Gasteiger partial charge in [0.2, 0.25) is 5.91 Å². The Morgan fingerprint density at radius 1 is 1.12 bits per heavy atom. The van der Waals surface area contributed by atoms with Gasteiger partial charge in [0.25, 0.3) is 0 Å². The van der Waals surface area contributed by atoms with E-state index in [1.165, 1.54) is 12.8 Å². The van der Waals surface area contributed by atoms with Crippen LogP contribution >= 0.6 is 0 Å². The third-order valence-electron chi connectivity index (χ3n) is 5.23. The lowest BCUT2D eigenvalue weighted by Gasteiger charge is -2.33.